The van der Waals surface area contributed by atoms with Crippen molar-refractivity contribution in [2.75, 3.05) is 37.7 Å². The molecule has 1 saturated heterocycles. The van der Waals surface area contributed by atoms with Crippen molar-refractivity contribution in [2.45, 2.75) is 25.3 Å². The Morgan fingerprint density at radius 2 is 1.73 bits per heavy atom. The molecule has 0 radical (unpaired) electrons. The van der Waals surface area contributed by atoms with Gasteiger partial charge in [0, 0.05) is 38.3 Å². The maximum Gasteiger partial charge on any atom is 0.263 e. The SMILES string of the molecule is Cc1cccc(NS(=O)(=O)c2cc(C(=O)N3CCN(Cc4ccc5c(c4)OCO5)CC3)ccc2Cl)c1C. The van der Waals surface area contributed by atoms with Gasteiger partial charge in [0.15, 0.2) is 11.5 Å². The molecule has 1 amide bonds. The standard InChI is InChI=1S/C27H28ClN3O5S/c1-18-4-3-5-23(19(18)2)29-37(33,34)26-15-21(7-8-22(26)28)27(32)31-12-10-30(11-13-31)16-20-6-9-24-25(14-20)36-17-35-24/h3-9,14-15,29H,10-13,16-17H2,1-2H3. The third kappa shape index (κ3) is 5.39. The molecule has 37 heavy (non-hydrogen) atoms. The number of fused-ring (bicyclic) bond motifs is 1. The number of nitrogens with one attached hydrogen (secondary N) is 1. The highest BCUT2D eigenvalue weighted by atomic mass is 35.5. The zero-order valence-electron chi connectivity index (χ0n) is 20.7. The fraction of sp³-hybridized carbons (Fsp3) is 0.296. The average molecular weight is 542 g/mol. The van der Waals surface area contributed by atoms with Crippen molar-refractivity contribution < 1.29 is 22.7 Å². The number of carbonyl (C=O) groups excluding carboxylic acids is 1. The van der Waals surface area contributed by atoms with Crippen LogP contribution in [-0.4, -0.2) is 57.1 Å². The molecule has 1 fully saturated rings. The zero-order valence-corrected chi connectivity index (χ0v) is 22.2. The number of carbonyl (C=O) groups is 1. The zero-order chi connectivity index (χ0) is 26.2. The van der Waals surface area contributed by atoms with Crippen LogP contribution in [0.5, 0.6) is 11.5 Å². The predicted octanol–water partition coefficient (Wildman–Crippen LogP) is 4.44. The molecule has 0 spiro atoms. The van der Waals surface area contributed by atoms with Gasteiger partial charge in [-0.05, 0) is 66.9 Å². The Bertz CT molecular complexity index is 1450. The Hall–Kier alpha value is -3.27. The molecule has 0 aliphatic carbocycles. The molecule has 10 heteroatoms. The number of benzene rings is 3. The number of sulfonamides is 1. The summed E-state index contributed by atoms with van der Waals surface area (Å²) in [5.41, 5.74) is 3.68. The van der Waals surface area contributed by atoms with Crippen LogP contribution in [0.1, 0.15) is 27.0 Å². The van der Waals surface area contributed by atoms with E-state index in [4.69, 9.17) is 21.1 Å². The fourth-order valence-corrected chi connectivity index (χ4v) is 6.14. The van der Waals surface area contributed by atoms with Crippen LogP contribution in [0, 0.1) is 13.8 Å². The summed E-state index contributed by atoms with van der Waals surface area (Å²) in [6, 6.07) is 15.7. The van der Waals surface area contributed by atoms with Crippen LogP contribution in [0.3, 0.4) is 0 Å². The van der Waals surface area contributed by atoms with E-state index in [9.17, 15) is 13.2 Å². The third-order valence-electron chi connectivity index (χ3n) is 6.82. The van der Waals surface area contributed by atoms with Crippen LogP contribution in [-0.2, 0) is 16.6 Å². The second-order valence-electron chi connectivity index (χ2n) is 9.25. The summed E-state index contributed by atoms with van der Waals surface area (Å²) in [5, 5.41) is 0.0582. The second-order valence-corrected chi connectivity index (χ2v) is 11.3. The molecule has 1 N–H and O–H groups in total. The van der Waals surface area contributed by atoms with Gasteiger partial charge in [-0.25, -0.2) is 8.42 Å². The molecule has 3 aromatic rings. The first-order valence-electron chi connectivity index (χ1n) is 12.0. The lowest BCUT2D eigenvalue weighted by Gasteiger charge is -2.35. The maximum absolute atomic E-state index is 13.3. The van der Waals surface area contributed by atoms with Crippen LogP contribution in [0.4, 0.5) is 5.69 Å². The number of aryl methyl sites for hydroxylation is 1. The lowest BCUT2D eigenvalue weighted by molar-refractivity contribution is 0.0628. The molecule has 0 bridgehead atoms. The first-order chi connectivity index (χ1) is 17.7. The van der Waals surface area contributed by atoms with E-state index >= 15 is 0 Å². The normalized spacial score (nSPS) is 15.6. The highest BCUT2D eigenvalue weighted by molar-refractivity contribution is 7.92. The largest absolute Gasteiger partial charge is 0.454 e. The number of hydrogen-bond acceptors (Lipinski definition) is 6. The van der Waals surface area contributed by atoms with Gasteiger partial charge >= 0.3 is 0 Å². The Kier molecular flexibility index (Phi) is 7.02. The summed E-state index contributed by atoms with van der Waals surface area (Å²) >= 11 is 6.27. The number of anilines is 1. The van der Waals surface area contributed by atoms with Crippen LogP contribution >= 0.6 is 11.6 Å². The van der Waals surface area contributed by atoms with Crippen LogP contribution < -0.4 is 14.2 Å². The summed E-state index contributed by atoms with van der Waals surface area (Å²) in [6.45, 7) is 7.22. The van der Waals surface area contributed by atoms with Gasteiger partial charge in [-0.2, -0.15) is 0 Å². The summed E-state index contributed by atoms with van der Waals surface area (Å²) in [6.07, 6.45) is 0. The number of halogens is 1. The van der Waals surface area contributed by atoms with E-state index in [0.717, 1.165) is 34.7 Å². The van der Waals surface area contributed by atoms with Gasteiger partial charge in [-0.3, -0.25) is 14.4 Å². The Balaban J connectivity index is 1.25. The average Bonchev–Trinajstić information content (AvgIpc) is 3.35. The molecule has 194 valence electrons. The van der Waals surface area contributed by atoms with E-state index in [-0.39, 0.29) is 28.2 Å². The van der Waals surface area contributed by atoms with Gasteiger partial charge in [-0.15, -0.1) is 0 Å². The summed E-state index contributed by atoms with van der Waals surface area (Å²) in [7, 11) is -4.00. The third-order valence-corrected chi connectivity index (χ3v) is 8.67. The number of ether oxygens (including phenoxy) is 2. The van der Waals surface area contributed by atoms with Crippen molar-refractivity contribution in [3.8, 4) is 11.5 Å². The summed E-state index contributed by atoms with van der Waals surface area (Å²) in [4.78, 5) is 17.2. The van der Waals surface area contributed by atoms with Gasteiger partial charge in [-0.1, -0.05) is 29.8 Å². The maximum atomic E-state index is 13.3. The molecule has 0 aromatic heterocycles. The van der Waals surface area contributed by atoms with E-state index in [2.05, 4.69) is 9.62 Å². The van der Waals surface area contributed by atoms with Gasteiger partial charge in [0.2, 0.25) is 6.79 Å². The van der Waals surface area contributed by atoms with E-state index in [1.54, 1.807) is 23.1 Å². The number of amides is 1. The molecule has 2 aliphatic heterocycles. The molecule has 8 nitrogen and oxygen atoms in total. The minimum atomic E-state index is -4.00. The van der Waals surface area contributed by atoms with Gasteiger partial charge < -0.3 is 14.4 Å². The van der Waals surface area contributed by atoms with Crippen molar-refractivity contribution in [1.29, 1.82) is 0 Å². The quantitative estimate of drug-likeness (QED) is 0.496. The Morgan fingerprint density at radius 1 is 0.973 bits per heavy atom. The first-order valence-corrected chi connectivity index (χ1v) is 13.9. The van der Waals surface area contributed by atoms with Crippen molar-refractivity contribution in [1.82, 2.24) is 9.80 Å². The predicted molar refractivity (Wildman–Crippen MR) is 142 cm³/mol. The molecular weight excluding hydrogens is 514 g/mol. The highest BCUT2D eigenvalue weighted by Crippen LogP contribution is 2.33. The van der Waals surface area contributed by atoms with Crippen LogP contribution in [0.15, 0.2) is 59.5 Å². The highest BCUT2D eigenvalue weighted by Gasteiger charge is 2.26. The van der Waals surface area contributed by atoms with Gasteiger partial charge in [0.1, 0.15) is 4.90 Å². The topological polar surface area (TPSA) is 88.2 Å². The van der Waals surface area contributed by atoms with Crippen LogP contribution in [0.2, 0.25) is 5.02 Å². The number of piperazine rings is 1. The molecule has 0 atom stereocenters. The van der Waals surface area contributed by atoms with E-state index in [0.29, 0.717) is 31.9 Å². The molecular formula is C27H28ClN3O5S. The Labute approximate surface area is 221 Å². The van der Waals surface area contributed by atoms with Crippen molar-refractivity contribution in [2.24, 2.45) is 0 Å². The molecule has 5 rings (SSSR count). The van der Waals surface area contributed by atoms with Crippen molar-refractivity contribution in [3.05, 3.63) is 81.9 Å². The van der Waals surface area contributed by atoms with Gasteiger partial charge in [0.05, 0.1) is 10.7 Å². The molecule has 0 saturated carbocycles. The van der Waals surface area contributed by atoms with Crippen molar-refractivity contribution >= 4 is 33.2 Å². The number of hydrogen-bond donors (Lipinski definition) is 1. The minimum Gasteiger partial charge on any atom is -0.454 e. The smallest absolute Gasteiger partial charge is 0.263 e. The van der Waals surface area contributed by atoms with E-state index in [1.165, 1.54) is 12.1 Å². The summed E-state index contributed by atoms with van der Waals surface area (Å²) in [5.74, 6) is 1.29. The summed E-state index contributed by atoms with van der Waals surface area (Å²) < 4.78 is 39.8. The number of rotatable bonds is 6. The second kappa shape index (κ2) is 10.2. The lowest BCUT2D eigenvalue weighted by atomic mass is 10.1. The van der Waals surface area contributed by atoms with Crippen LogP contribution in [0.25, 0.3) is 0 Å². The molecule has 3 aromatic carbocycles. The fourth-order valence-electron chi connectivity index (χ4n) is 4.49. The van der Waals surface area contributed by atoms with E-state index in [1.807, 2.05) is 38.1 Å². The first kappa shape index (κ1) is 25.4. The Morgan fingerprint density at radius 3 is 2.51 bits per heavy atom. The lowest BCUT2D eigenvalue weighted by Crippen LogP contribution is -2.48. The monoisotopic (exact) mass is 541 g/mol. The number of nitrogens with zero attached hydrogens (tertiary/aromatic N) is 2. The minimum absolute atomic E-state index is 0.0582. The molecule has 2 heterocycles. The molecule has 0 unspecified atom stereocenters. The van der Waals surface area contributed by atoms with Gasteiger partial charge in [0.25, 0.3) is 15.9 Å². The van der Waals surface area contributed by atoms with Crippen molar-refractivity contribution in [3.63, 3.8) is 0 Å². The van der Waals surface area contributed by atoms with E-state index < -0.39 is 10.0 Å². The molecule has 2 aliphatic rings.